The molecular weight excluding hydrogens is 699 g/mol. The van der Waals surface area contributed by atoms with E-state index in [9.17, 15) is 0 Å². The molecule has 1 aliphatic rings. The van der Waals surface area contributed by atoms with Gasteiger partial charge in [-0.05, 0) is 119 Å². The second-order valence-electron chi connectivity index (χ2n) is 16.2. The van der Waals surface area contributed by atoms with E-state index in [1.807, 2.05) is 0 Å². The average molecular weight is 740 g/mol. The second kappa shape index (κ2) is 13.5. The van der Waals surface area contributed by atoms with Crippen LogP contribution in [0, 0.1) is 0 Å². The van der Waals surface area contributed by atoms with Gasteiger partial charge in [0.05, 0.1) is 5.69 Å². The van der Waals surface area contributed by atoms with E-state index in [4.69, 9.17) is 0 Å². The Morgan fingerprint density at radius 1 is 0.310 bits per heavy atom. The molecule has 0 N–H and O–H groups in total. The van der Waals surface area contributed by atoms with Gasteiger partial charge in [-0.3, -0.25) is 0 Å². The monoisotopic (exact) mass is 739 g/mol. The standard InChI is InChI=1S/C57H41N/c1-57(2)54-35-45(43-26-24-42(25-27-43)41-22-20-40(21-23-41)38-12-4-3-5-13-38)29-32-51(54)52-33-31-48(37-55(52)57)58(47-30-28-39-14-6-7-15-44(39)34-47)56-36-46-16-8-9-17-49(46)50-18-10-11-19-53(50)56/h3-37H,1-2H3. The molecule has 0 saturated heterocycles. The minimum Gasteiger partial charge on any atom is -0.310 e. The van der Waals surface area contributed by atoms with Crippen molar-refractivity contribution in [2.24, 2.45) is 0 Å². The molecule has 0 heterocycles. The highest BCUT2D eigenvalue weighted by Gasteiger charge is 2.36. The summed E-state index contributed by atoms with van der Waals surface area (Å²) in [6, 6.07) is 78.2. The Morgan fingerprint density at radius 3 is 1.47 bits per heavy atom. The van der Waals surface area contributed by atoms with Gasteiger partial charge < -0.3 is 4.90 Å². The van der Waals surface area contributed by atoms with Crippen LogP contribution in [0.4, 0.5) is 17.1 Å². The van der Waals surface area contributed by atoms with Gasteiger partial charge >= 0.3 is 0 Å². The summed E-state index contributed by atoms with van der Waals surface area (Å²) in [5.41, 5.74) is 16.0. The molecule has 11 rings (SSSR count). The van der Waals surface area contributed by atoms with Crippen LogP contribution in [-0.2, 0) is 5.41 Å². The van der Waals surface area contributed by atoms with Crippen molar-refractivity contribution in [3.8, 4) is 44.5 Å². The molecule has 0 radical (unpaired) electrons. The second-order valence-corrected chi connectivity index (χ2v) is 16.2. The fourth-order valence-electron chi connectivity index (χ4n) is 9.35. The number of anilines is 3. The van der Waals surface area contributed by atoms with Crippen LogP contribution in [0.1, 0.15) is 25.0 Å². The zero-order valence-corrected chi connectivity index (χ0v) is 32.7. The summed E-state index contributed by atoms with van der Waals surface area (Å²) in [4.78, 5) is 2.47. The van der Waals surface area contributed by atoms with Crippen LogP contribution in [0.15, 0.2) is 212 Å². The molecule has 1 heteroatoms. The van der Waals surface area contributed by atoms with Crippen LogP contribution in [0.25, 0.3) is 76.8 Å². The molecule has 0 unspecified atom stereocenters. The van der Waals surface area contributed by atoms with Gasteiger partial charge in [0.25, 0.3) is 0 Å². The molecule has 0 bridgehead atoms. The molecule has 0 atom stereocenters. The van der Waals surface area contributed by atoms with Crippen molar-refractivity contribution < 1.29 is 0 Å². The van der Waals surface area contributed by atoms with Crippen molar-refractivity contribution >= 4 is 49.4 Å². The van der Waals surface area contributed by atoms with Crippen molar-refractivity contribution in [2.75, 3.05) is 4.90 Å². The maximum absolute atomic E-state index is 2.47. The zero-order chi connectivity index (χ0) is 38.8. The molecule has 0 amide bonds. The van der Waals surface area contributed by atoms with Crippen LogP contribution in [-0.4, -0.2) is 0 Å². The van der Waals surface area contributed by atoms with Gasteiger partial charge in [-0.25, -0.2) is 0 Å². The number of hydrogen-bond acceptors (Lipinski definition) is 1. The van der Waals surface area contributed by atoms with E-state index in [-0.39, 0.29) is 5.41 Å². The molecule has 10 aromatic rings. The van der Waals surface area contributed by atoms with Crippen LogP contribution in [0.2, 0.25) is 0 Å². The molecule has 0 fully saturated rings. The van der Waals surface area contributed by atoms with E-state index in [1.165, 1.54) is 93.6 Å². The van der Waals surface area contributed by atoms with E-state index in [0.717, 1.165) is 11.4 Å². The lowest BCUT2D eigenvalue weighted by Crippen LogP contribution is -2.17. The normalized spacial score (nSPS) is 12.8. The summed E-state index contributed by atoms with van der Waals surface area (Å²) in [5.74, 6) is 0. The lowest BCUT2D eigenvalue weighted by molar-refractivity contribution is 0.660. The van der Waals surface area contributed by atoms with Crippen LogP contribution in [0.5, 0.6) is 0 Å². The van der Waals surface area contributed by atoms with Gasteiger partial charge in [0.1, 0.15) is 0 Å². The minimum absolute atomic E-state index is 0.197. The Morgan fingerprint density at radius 2 is 0.776 bits per heavy atom. The summed E-state index contributed by atoms with van der Waals surface area (Å²) < 4.78 is 0. The first-order valence-electron chi connectivity index (χ1n) is 20.2. The third-order valence-corrected chi connectivity index (χ3v) is 12.4. The largest absolute Gasteiger partial charge is 0.310 e. The van der Waals surface area contributed by atoms with Crippen molar-refractivity contribution in [3.05, 3.63) is 223 Å². The van der Waals surface area contributed by atoms with E-state index < -0.39 is 0 Å². The summed E-state index contributed by atoms with van der Waals surface area (Å²) in [5, 5.41) is 7.47. The quantitative estimate of drug-likeness (QED) is 0.154. The third kappa shape index (κ3) is 5.62. The molecule has 0 aliphatic heterocycles. The Labute approximate surface area is 340 Å². The van der Waals surface area contributed by atoms with E-state index in [2.05, 4.69) is 231 Å². The Hall–Kier alpha value is -7.22. The minimum atomic E-state index is -0.197. The predicted molar refractivity (Wildman–Crippen MR) is 248 cm³/mol. The number of fused-ring (bicyclic) bond motifs is 7. The lowest BCUT2D eigenvalue weighted by Gasteiger charge is -2.30. The molecule has 0 saturated carbocycles. The zero-order valence-electron chi connectivity index (χ0n) is 32.7. The fraction of sp³-hybridized carbons (Fsp3) is 0.0526. The van der Waals surface area contributed by atoms with Crippen molar-refractivity contribution in [1.29, 1.82) is 0 Å². The van der Waals surface area contributed by atoms with Crippen LogP contribution in [0.3, 0.4) is 0 Å². The number of nitrogens with zero attached hydrogens (tertiary/aromatic N) is 1. The van der Waals surface area contributed by atoms with Gasteiger partial charge in [0.2, 0.25) is 0 Å². The van der Waals surface area contributed by atoms with Gasteiger partial charge in [-0.1, -0.05) is 190 Å². The van der Waals surface area contributed by atoms with Crippen molar-refractivity contribution in [1.82, 2.24) is 0 Å². The maximum atomic E-state index is 2.47. The number of hydrogen-bond donors (Lipinski definition) is 0. The van der Waals surface area contributed by atoms with E-state index >= 15 is 0 Å². The van der Waals surface area contributed by atoms with Gasteiger partial charge in [-0.15, -0.1) is 0 Å². The average Bonchev–Trinajstić information content (AvgIpc) is 3.51. The first-order valence-corrected chi connectivity index (χ1v) is 20.2. The predicted octanol–water partition coefficient (Wildman–Crippen LogP) is 15.9. The number of rotatable bonds is 6. The first kappa shape index (κ1) is 34.1. The molecule has 1 aliphatic carbocycles. The summed E-state index contributed by atoms with van der Waals surface area (Å²) in [6.07, 6.45) is 0. The summed E-state index contributed by atoms with van der Waals surface area (Å²) >= 11 is 0. The highest BCUT2D eigenvalue weighted by molar-refractivity contribution is 6.14. The topological polar surface area (TPSA) is 3.24 Å². The van der Waals surface area contributed by atoms with Gasteiger partial charge in [0.15, 0.2) is 0 Å². The van der Waals surface area contributed by atoms with Crippen molar-refractivity contribution in [3.63, 3.8) is 0 Å². The fourth-order valence-corrected chi connectivity index (χ4v) is 9.35. The molecule has 274 valence electrons. The molecule has 58 heavy (non-hydrogen) atoms. The first-order chi connectivity index (χ1) is 28.5. The smallest absolute Gasteiger partial charge is 0.0546 e. The van der Waals surface area contributed by atoms with E-state index in [0.29, 0.717) is 0 Å². The van der Waals surface area contributed by atoms with Gasteiger partial charge in [0, 0.05) is 22.2 Å². The number of benzene rings is 10. The molecule has 1 nitrogen and oxygen atoms in total. The third-order valence-electron chi connectivity index (χ3n) is 12.4. The summed E-state index contributed by atoms with van der Waals surface area (Å²) in [7, 11) is 0. The highest BCUT2D eigenvalue weighted by Crippen LogP contribution is 2.52. The van der Waals surface area contributed by atoms with Crippen LogP contribution >= 0.6 is 0 Å². The van der Waals surface area contributed by atoms with Crippen molar-refractivity contribution in [2.45, 2.75) is 19.3 Å². The van der Waals surface area contributed by atoms with Gasteiger partial charge in [-0.2, -0.15) is 0 Å². The molecule has 10 aromatic carbocycles. The Kier molecular flexibility index (Phi) is 7.91. The van der Waals surface area contributed by atoms with E-state index in [1.54, 1.807) is 0 Å². The van der Waals surface area contributed by atoms with Crippen LogP contribution < -0.4 is 4.90 Å². The SMILES string of the molecule is CC1(C)c2cc(-c3ccc(-c4ccc(-c5ccccc5)cc4)cc3)ccc2-c2ccc(N(c3ccc4ccccc4c3)c3cc4ccccc4c4ccccc34)cc21. The molecule has 0 spiro atoms. The Bertz CT molecular complexity index is 3170. The molecular formula is C57H41N. The maximum Gasteiger partial charge on any atom is 0.0546 e. The Balaban J connectivity index is 0.979. The lowest BCUT2D eigenvalue weighted by atomic mass is 9.81. The molecule has 0 aromatic heterocycles. The highest BCUT2D eigenvalue weighted by atomic mass is 15.1. The summed E-state index contributed by atoms with van der Waals surface area (Å²) in [6.45, 7) is 4.78.